The van der Waals surface area contributed by atoms with E-state index in [1.165, 1.54) is 12.8 Å². The fraction of sp³-hybridized carbons (Fsp3) is 0.625. The number of hydrogen-bond acceptors (Lipinski definition) is 5. The quantitative estimate of drug-likeness (QED) is 0.654. The molecule has 3 aromatic heterocycles. The Kier molecular flexibility index (Phi) is 6.05. The van der Waals surface area contributed by atoms with E-state index in [1.54, 1.807) is 0 Å². The molecule has 0 saturated carbocycles. The van der Waals surface area contributed by atoms with Crippen molar-refractivity contribution in [1.29, 1.82) is 0 Å². The molecule has 0 aromatic carbocycles. The summed E-state index contributed by atoms with van der Waals surface area (Å²) in [6.07, 6.45) is 5.23. The summed E-state index contributed by atoms with van der Waals surface area (Å²) >= 11 is 0. The van der Waals surface area contributed by atoms with Crippen molar-refractivity contribution in [1.82, 2.24) is 34.8 Å². The van der Waals surface area contributed by atoms with E-state index in [0.29, 0.717) is 18.5 Å². The molecule has 0 radical (unpaired) electrons. The van der Waals surface area contributed by atoms with Gasteiger partial charge in [0.05, 0.1) is 22.2 Å². The predicted octanol–water partition coefficient (Wildman–Crippen LogP) is 3.91. The fourth-order valence-corrected chi connectivity index (χ4v) is 4.36. The van der Waals surface area contributed by atoms with Crippen LogP contribution in [0.1, 0.15) is 93.2 Å². The van der Waals surface area contributed by atoms with Crippen molar-refractivity contribution in [3.63, 3.8) is 0 Å². The minimum atomic E-state index is -0.228. The third-order valence-corrected chi connectivity index (χ3v) is 6.12. The Morgan fingerprint density at radius 2 is 1.97 bits per heavy atom. The van der Waals surface area contributed by atoms with Gasteiger partial charge in [-0.2, -0.15) is 5.10 Å². The third-order valence-electron chi connectivity index (χ3n) is 6.12. The standard InChI is InChI=1S/C24H35N7O/c1-15(2)18-14-17(21-16(3)29-31(22(21)26-18)24(4,5)6)23(32)25-12-11-20-28-27-19-10-8-7-9-13-30(19)20/h14-15H,7-13H2,1-6H3,(H,25,32). The third kappa shape index (κ3) is 4.27. The van der Waals surface area contributed by atoms with E-state index >= 15 is 0 Å². The van der Waals surface area contributed by atoms with E-state index in [4.69, 9.17) is 10.1 Å². The first-order valence-corrected chi connectivity index (χ1v) is 11.8. The van der Waals surface area contributed by atoms with E-state index in [1.807, 2.05) is 17.7 Å². The molecule has 4 rings (SSSR count). The van der Waals surface area contributed by atoms with Crippen molar-refractivity contribution < 1.29 is 4.79 Å². The molecule has 0 aliphatic carbocycles. The minimum Gasteiger partial charge on any atom is -0.352 e. The first-order valence-electron chi connectivity index (χ1n) is 11.8. The number of carbonyl (C=O) groups excluding carboxylic acids is 1. The molecule has 8 nitrogen and oxygen atoms in total. The molecular weight excluding hydrogens is 402 g/mol. The van der Waals surface area contributed by atoms with Crippen LogP contribution in [-0.4, -0.2) is 42.0 Å². The second-order valence-electron chi connectivity index (χ2n) is 10.1. The zero-order chi connectivity index (χ0) is 23.0. The van der Waals surface area contributed by atoms with Crippen LogP contribution < -0.4 is 5.32 Å². The number of pyridine rings is 1. The molecule has 3 aromatic rings. The van der Waals surface area contributed by atoms with Crippen molar-refractivity contribution in [2.75, 3.05) is 6.54 Å². The first kappa shape index (κ1) is 22.4. The van der Waals surface area contributed by atoms with Crippen molar-refractivity contribution in [2.45, 2.75) is 91.6 Å². The number of hydrogen-bond donors (Lipinski definition) is 1. The maximum atomic E-state index is 13.3. The average molecular weight is 438 g/mol. The van der Waals surface area contributed by atoms with E-state index in [2.05, 4.69) is 54.7 Å². The molecule has 1 N–H and O–H groups in total. The number of nitrogens with one attached hydrogen (secondary N) is 1. The predicted molar refractivity (Wildman–Crippen MR) is 125 cm³/mol. The van der Waals surface area contributed by atoms with Gasteiger partial charge in [0.1, 0.15) is 11.6 Å². The molecule has 0 atom stereocenters. The van der Waals surface area contributed by atoms with Gasteiger partial charge in [-0.1, -0.05) is 20.3 Å². The van der Waals surface area contributed by atoms with Crippen LogP contribution in [0.4, 0.5) is 0 Å². The van der Waals surface area contributed by atoms with Crippen LogP contribution in [0.3, 0.4) is 0 Å². The van der Waals surface area contributed by atoms with Crippen molar-refractivity contribution >= 4 is 16.9 Å². The van der Waals surface area contributed by atoms with Gasteiger partial charge in [-0.05, 0) is 52.5 Å². The van der Waals surface area contributed by atoms with Gasteiger partial charge in [-0.25, -0.2) is 9.67 Å². The topological polar surface area (TPSA) is 90.5 Å². The van der Waals surface area contributed by atoms with Gasteiger partial charge in [0.2, 0.25) is 0 Å². The number of fused-ring (bicyclic) bond motifs is 2. The monoisotopic (exact) mass is 437 g/mol. The van der Waals surface area contributed by atoms with Crippen molar-refractivity contribution in [3.05, 3.63) is 34.7 Å². The molecule has 0 saturated heterocycles. The summed E-state index contributed by atoms with van der Waals surface area (Å²) in [6.45, 7) is 13.9. The van der Waals surface area contributed by atoms with Gasteiger partial charge in [-0.3, -0.25) is 4.79 Å². The van der Waals surface area contributed by atoms with Crippen LogP contribution in [0.15, 0.2) is 6.07 Å². The Morgan fingerprint density at radius 1 is 1.19 bits per heavy atom. The number of amides is 1. The number of aromatic nitrogens is 6. The second kappa shape index (κ2) is 8.64. The molecule has 1 amide bonds. The molecule has 32 heavy (non-hydrogen) atoms. The van der Waals surface area contributed by atoms with Gasteiger partial charge in [0.25, 0.3) is 5.91 Å². The summed E-state index contributed by atoms with van der Waals surface area (Å²) < 4.78 is 4.17. The van der Waals surface area contributed by atoms with Gasteiger partial charge < -0.3 is 9.88 Å². The summed E-state index contributed by atoms with van der Waals surface area (Å²) in [6, 6.07) is 1.92. The van der Waals surface area contributed by atoms with E-state index < -0.39 is 0 Å². The summed E-state index contributed by atoms with van der Waals surface area (Å²) in [5.74, 6) is 2.15. The lowest BCUT2D eigenvalue weighted by Crippen LogP contribution is -2.27. The normalized spacial score (nSPS) is 14.6. The lowest BCUT2D eigenvalue weighted by Gasteiger charge is -2.20. The Labute approximate surface area is 189 Å². The highest BCUT2D eigenvalue weighted by Crippen LogP contribution is 2.29. The zero-order valence-corrected chi connectivity index (χ0v) is 20.2. The van der Waals surface area contributed by atoms with Gasteiger partial charge in [-0.15, -0.1) is 10.2 Å². The molecule has 0 fully saturated rings. The number of aryl methyl sites for hydroxylation is 2. The number of nitrogens with zero attached hydrogens (tertiary/aromatic N) is 6. The Hall–Kier alpha value is -2.77. The van der Waals surface area contributed by atoms with Crippen LogP contribution >= 0.6 is 0 Å². The lowest BCUT2D eigenvalue weighted by atomic mass is 10.0. The molecular formula is C24H35N7O. The summed E-state index contributed by atoms with van der Waals surface area (Å²) in [7, 11) is 0. The summed E-state index contributed by atoms with van der Waals surface area (Å²) in [4.78, 5) is 18.2. The molecule has 0 unspecified atom stereocenters. The smallest absolute Gasteiger partial charge is 0.252 e. The molecule has 172 valence electrons. The van der Waals surface area contributed by atoms with Crippen molar-refractivity contribution in [3.8, 4) is 0 Å². The molecule has 1 aliphatic rings. The minimum absolute atomic E-state index is 0.0912. The van der Waals surface area contributed by atoms with Gasteiger partial charge in [0, 0.05) is 31.6 Å². The first-order chi connectivity index (χ1) is 15.2. The molecule has 1 aliphatic heterocycles. The van der Waals surface area contributed by atoms with E-state index in [9.17, 15) is 4.79 Å². The largest absolute Gasteiger partial charge is 0.352 e. The lowest BCUT2D eigenvalue weighted by molar-refractivity contribution is 0.0955. The van der Waals surface area contributed by atoms with Crippen LogP contribution in [0.2, 0.25) is 0 Å². The summed E-state index contributed by atoms with van der Waals surface area (Å²) in [5.41, 5.74) is 2.91. The number of carbonyl (C=O) groups is 1. The maximum absolute atomic E-state index is 13.3. The zero-order valence-electron chi connectivity index (χ0n) is 20.2. The molecule has 0 bridgehead atoms. The Morgan fingerprint density at radius 3 is 2.69 bits per heavy atom. The van der Waals surface area contributed by atoms with Crippen LogP contribution in [-0.2, 0) is 24.9 Å². The molecule has 0 spiro atoms. The Bertz CT molecular complexity index is 1130. The second-order valence-corrected chi connectivity index (χ2v) is 10.1. The average Bonchev–Trinajstić information content (AvgIpc) is 3.18. The Balaban J connectivity index is 1.59. The summed E-state index contributed by atoms with van der Waals surface area (Å²) in [5, 5.41) is 17.4. The molecule has 4 heterocycles. The van der Waals surface area contributed by atoms with Crippen LogP contribution in [0.5, 0.6) is 0 Å². The maximum Gasteiger partial charge on any atom is 0.252 e. The van der Waals surface area contributed by atoms with Gasteiger partial charge in [0.15, 0.2) is 5.65 Å². The van der Waals surface area contributed by atoms with Crippen LogP contribution in [0, 0.1) is 6.92 Å². The molecule has 8 heteroatoms. The van der Waals surface area contributed by atoms with E-state index in [0.717, 1.165) is 53.5 Å². The van der Waals surface area contributed by atoms with Crippen molar-refractivity contribution in [2.24, 2.45) is 0 Å². The SMILES string of the molecule is Cc1nn(C(C)(C)C)c2nc(C(C)C)cc(C(=O)NCCc3nnc4n3CCCCC4)c12. The fourth-order valence-electron chi connectivity index (χ4n) is 4.36. The van der Waals surface area contributed by atoms with E-state index in [-0.39, 0.29) is 17.4 Å². The highest BCUT2D eigenvalue weighted by atomic mass is 16.1. The highest BCUT2D eigenvalue weighted by Gasteiger charge is 2.25. The highest BCUT2D eigenvalue weighted by molar-refractivity contribution is 6.06. The van der Waals surface area contributed by atoms with Gasteiger partial charge >= 0.3 is 0 Å². The van der Waals surface area contributed by atoms with Crippen LogP contribution in [0.25, 0.3) is 11.0 Å². The number of rotatable bonds is 5.